The van der Waals surface area contributed by atoms with E-state index in [1.165, 1.54) is 0 Å². The Labute approximate surface area is 110 Å². The van der Waals surface area contributed by atoms with Crippen LogP contribution in [0.15, 0.2) is 0 Å². The zero-order valence-corrected chi connectivity index (χ0v) is 11.7. The molecule has 0 spiro atoms. The zero-order valence-electron chi connectivity index (χ0n) is 11.7. The second kappa shape index (κ2) is 7.36. The molecule has 0 saturated carbocycles. The van der Waals surface area contributed by atoms with Gasteiger partial charge in [0.2, 0.25) is 11.8 Å². The Morgan fingerprint density at radius 3 is 2.50 bits per heavy atom. The van der Waals surface area contributed by atoms with E-state index in [9.17, 15) is 9.59 Å². The smallest absolute Gasteiger partial charge is 0.222 e. The Morgan fingerprint density at radius 1 is 1.17 bits per heavy atom. The van der Waals surface area contributed by atoms with Gasteiger partial charge in [-0.3, -0.25) is 14.5 Å². The highest BCUT2D eigenvalue weighted by molar-refractivity contribution is 5.77. The van der Waals surface area contributed by atoms with Crippen LogP contribution in [0, 0.1) is 5.92 Å². The van der Waals surface area contributed by atoms with Crippen LogP contribution in [-0.2, 0) is 9.59 Å². The predicted octanol–water partition coefficient (Wildman–Crippen LogP) is 0.313. The van der Waals surface area contributed by atoms with E-state index < -0.39 is 0 Å². The van der Waals surface area contributed by atoms with Gasteiger partial charge in [0.15, 0.2) is 0 Å². The van der Waals surface area contributed by atoms with E-state index in [0.717, 1.165) is 39.1 Å². The van der Waals surface area contributed by atoms with Gasteiger partial charge in [0.25, 0.3) is 0 Å². The molecule has 0 atom stereocenters. The number of hydrogen-bond donors (Lipinski definition) is 1. The van der Waals surface area contributed by atoms with Crippen LogP contribution in [0.2, 0.25) is 0 Å². The van der Waals surface area contributed by atoms with Crippen LogP contribution in [0.1, 0.15) is 27.2 Å². The van der Waals surface area contributed by atoms with Gasteiger partial charge in [0, 0.05) is 45.6 Å². The molecule has 0 bridgehead atoms. The van der Waals surface area contributed by atoms with Gasteiger partial charge in [-0.15, -0.1) is 0 Å². The fraction of sp³-hybridized carbons (Fsp3) is 0.846. The molecule has 2 amide bonds. The summed E-state index contributed by atoms with van der Waals surface area (Å²) in [5, 5.41) is 2.92. The number of amides is 2. The number of rotatable bonds is 4. The van der Waals surface area contributed by atoms with Crippen molar-refractivity contribution in [3.63, 3.8) is 0 Å². The van der Waals surface area contributed by atoms with Crippen LogP contribution >= 0.6 is 0 Å². The van der Waals surface area contributed by atoms with Gasteiger partial charge in [-0.05, 0) is 13.0 Å². The van der Waals surface area contributed by atoms with E-state index in [0.29, 0.717) is 6.54 Å². The number of carbonyl (C=O) groups excluding carboxylic acids is 2. The highest BCUT2D eigenvalue weighted by atomic mass is 16.2. The van der Waals surface area contributed by atoms with Gasteiger partial charge in [-0.25, -0.2) is 0 Å². The molecule has 0 aromatic carbocycles. The molecular formula is C13H25N3O2. The molecule has 1 aliphatic heterocycles. The summed E-state index contributed by atoms with van der Waals surface area (Å²) in [4.78, 5) is 26.9. The lowest BCUT2D eigenvalue weighted by Gasteiger charge is -2.21. The highest BCUT2D eigenvalue weighted by Crippen LogP contribution is 2.02. The molecule has 5 nitrogen and oxygen atoms in total. The largest absolute Gasteiger partial charge is 0.355 e. The van der Waals surface area contributed by atoms with Gasteiger partial charge in [0.1, 0.15) is 0 Å². The summed E-state index contributed by atoms with van der Waals surface area (Å²) in [7, 11) is 0. The predicted molar refractivity (Wildman–Crippen MR) is 71.2 cm³/mol. The number of carbonyl (C=O) groups is 2. The minimum absolute atomic E-state index is 0.0438. The normalized spacial score (nSPS) is 17.7. The summed E-state index contributed by atoms with van der Waals surface area (Å²) in [5.41, 5.74) is 0. The quantitative estimate of drug-likeness (QED) is 0.787. The molecule has 1 rings (SSSR count). The first-order chi connectivity index (χ1) is 8.50. The topological polar surface area (TPSA) is 52.7 Å². The van der Waals surface area contributed by atoms with Crippen molar-refractivity contribution >= 4 is 11.8 Å². The Hall–Kier alpha value is -1.10. The molecule has 0 aromatic heterocycles. The summed E-state index contributed by atoms with van der Waals surface area (Å²) < 4.78 is 0. The second-order valence-electron chi connectivity index (χ2n) is 5.15. The van der Waals surface area contributed by atoms with E-state index in [2.05, 4.69) is 10.2 Å². The summed E-state index contributed by atoms with van der Waals surface area (Å²) in [6.45, 7) is 10.5. The van der Waals surface area contributed by atoms with Crippen LogP contribution in [0.5, 0.6) is 0 Å². The molecule has 1 heterocycles. The van der Waals surface area contributed by atoms with Gasteiger partial charge in [-0.2, -0.15) is 0 Å². The van der Waals surface area contributed by atoms with Crippen LogP contribution in [0.25, 0.3) is 0 Å². The number of nitrogens with one attached hydrogen (secondary N) is 1. The first-order valence-corrected chi connectivity index (χ1v) is 6.76. The van der Waals surface area contributed by atoms with Crippen molar-refractivity contribution in [3.05, 3.63) is 0 Å². The van der Waals surface area contributed by atoms with Crippen molar-refractivity contribution in [2.75, 3.05) is 39.3 Å². The number of hydrogen-bond acceptors (Lipinski definition) is 3. The molecule has 104 valence electrons. The Morgan fingerprint density at radius 2 is 1.89 bits per heavy atom. The lowest BCUT2D eigenvalue weighted by Crippen LogP contribution is -2.38. The molecule has 18 heavy (non-hydrogen) atoms. The van der Waals surface area contributed by atoms with Crippen molar-refractivity contribution in [2.24, 2.45) is 5.92 Å². The molecular weight excluding hydrogens is 230 g/mol. The summed E-state index contributed by atoms with van der Waals surface area (Å²) >= 11 is 0. The first-order valence-electron chi connectivity index (χ1n) is 6.76. The first kappa shape index (κ1) is 15.0. The summed E-state index contributed by atoms with van der Waals surface area (Å²) in [5.74, 6) is 0.308. The van der Waals surface area contributed by atoms with Crippen molar-refractivity contribution in [1.82, 2.24) is 15.1 Å². The van der Waals surface area contributed by atoms with E-state index in [1.807, 2.05) is 18.7 Å². The van der Waals surface area contributed by atoms with Crippen LogP contribution < -0.4 is 5.32 Å². The van der Waals surface area contributed by atoms with Gasteiger partial charge >= 0.3 is 0 Å². The molecule has 0 aliphatic carbocycles. The van der Waals surface area contributed by atoms with E-state index in [1.54, 1.807) is 6.92 Å². The van der Waals surface area contributed by atoms with E-state index in [-0.39, 0.29) is 17.7 Å². The lowest BCUT2D eigenvalue weighted by molar-refractivity contribution is -0.128. The monoisotopic (exact) mass is 255 g/mol. The summed E-state index contributed by atoms with van der Waals surface area (Å²) in [6.07, 6.45) is 1.01. The zero-order chi connectivity index (χ0) is 13.5. The van der Waals surface area contributed by atoms with Crippen molar-refractivity contribution < 1.29 is 9.59 Å². The molecule has 1 fully saturated rings. The molecule has 0 aromatic rings. The van der Waals surface area contributed by atoms with Gasteiger partial charge in [-0.1, -0.05) is 13.8 Å². The fourth-order valence-electron chi connectivity index (χ4n) is 2.05. The maximum Gasteiger partial charge on any atom is 0.222 e. The Bertz CT molecular complexity index is 292. The maximum absolute atomic E-state index is 11.4. The minimum Gasteiger partial charge on any atom is -0.355 e. The molecule has 5 heteroatoms. The van der Waals surface area contributed by atoms with Gasteiger partial charge < -0.3 is 10.2 Å². The lowest BCUT2D eigenvalue weighted by atomic mass is 10.2. The molecule has 1 aliphatic rings. The molecule has 1 N–H and O–H groups in total. The number of nitrogens with zero attached hydrogens (tertiary/aromatic N) is 2. The minimum atomic E-state index is 0.0438. The SMILES string of the molecule is CC(=O)N1CCCN(CCNC(=O)C(C)C)CC1. The third-order valence-corrected chi connectivity index (χ3v) is 3.29. The van der Waals surface area contributed by atoms with Gasteiger partial charge in [0.05, 0.1) is 0 Å². The Balaban J connectivity index is 2.23. The van der Waals surface area contributed by atoms with Crippen molar-refractivity contribution in [3.8, 4) is 0 Å². The standard InChI is InChI=1S/C13H25N3O2/c1-11(2)13(18)14-5-8-15-6-4-7-16(10-9-15)12(3)17/h11H,4-10H2,1-3H3,(H,14,18). The third kappa shape index (κ3) is 5.04. The van der Waals surface area contributed by atoms with Crippen LogP contribution in [0.3, 0.4) is 0 Å². The average Bonchev–Trinajstić information content (AvgIpc) is 2.54. The van der Waals surface area contributed by atoms with E-state index in [4.69, 9.17) is 0 Å². The fourth-order valence-corrected chi connectivity index (χ4v) is 2.05. The van der Waals surface area contributed by atoms with E-state index >= 15 is 0 Å². The molecule has 0 unspecified atom stereocenters. The third-order valence-electron chi connectivity index (χ3n) is 3.29. The van der Waals surface area contributed by atoms with Crippen LogP contribution in [-0.4, -0.2) is 60.9 Å². The Kier molecular flexibility index (Phi) is 6.12. The average molecular weight is 255 g/mol. The van der Waals surface area contributed by atoms with Crippen molar-refractivity contribution in [1.29, 1.82) is 0 Å². The second-order valence-corrected chi connectivity index (χ2v) is 5.15. The maximum atomic E-state index is 11.4. The van der Waals surface area contributed by atoms with Crippen LogP contribution in [0.4, 0.5) is 0 Å². The molecule has 0 radical (unpaired) electrons. The summed E-state index contributed by atoms with van der Waals surface area (Å²) in [6, 6.07) is 0. The van der Waals surface area contributed by atoms with Crippen molar-refractivity contribution in [2.45, 2.75) is 27.2 Å². The molecule has 1 saturated heterocycles. The highest BCUT2D eigenvalue weighted by Gasteiger charge is 2.16.